The molecule has 1 atom stereocenters. The van der Waals surface area contributed by atoms with Crippen LogP contribution in [-0.2, 0) is 0 Å². The number of thiazole rings is 1. The van der Waals surface area contributed by atoms with E-state index in [0.29, 0.717) is 0 Å². The largest absolute Gasteiger partial charge is 0.491 e. The predicted octanol–water partition coefficient (Wildman–Crippen LogP) is 3.55. The second-order valence-electron chi connectivity index (χ2n) is 4.71. The van der Waals surface area contributed by atoms with Crippen LogP contribution in [0, 0.1) is 6.92 Å². The number of aryl methyl sites for hydroxylation is 1. The molecule has 2 aromatic rings. The molecule has 0 bridgehead atoms. The summed E-state index contributed by atoms with van der Waals surface area (Å²) in [6.45, 7) is 6.11. The maximum atomic E-state index is 5.90. The van der Waals surface area contributed by atoms with Crippen LogP contribution in [0.3, 0.4) is 0 Å². The normalized spacial score (nSPS) is 12.7. The summed E-state index contributed by atoms with van der Waals surface area (Å²) in [7, 11) is 1.96. The highest BCUT2D eigenvalue weighted by Gasteiger charge is 2.18. The lowest BCUT2D eigenvalue weighted by Gasteiger charge is -2.20. The molecule has 2 rings (SSSR count). The minimum absolute atomic E-state index is 0.126. The summed E-state index contributed by atoms with van der Waals surface area (Å²) in [6.07, 6.45) is 2.11. The number of nitrogens with zero attached hydrogens (tertiary/aromatic N) is 1. The summed E-state index contributed by atoms with van der Waals surface area (Å²) >= 11 is 1.71. The first kappa shape index (κ1) is 14.0. The van der Waals surface area contributed by atoms with Crippen LogP contribution in [0.15, 0.2) is 30.5 Å². The Labute approximate surface area is 118 Å². The highest BCUT2D eigenvalue weighted by molar-refractivity contribution is 7.11. The molecular formula is C15H20N2OS. The van der Waals surface area contributed by atoms with Gasteiger partial charge in [-0.05, 0) is 33.9 Å². The Morgan fingerprint density at radius 2 is 2.00 bits per heavy atom. The van der Waals surface area contributed by atoms with Crippen molar-refractivity contribution in [2.24, 2.45) is 0 Å². The van der Waals surface area contributed by atoms with Gasteiger partial charge in [0, 0.05) is 16.6 Å². The molecule has 0 aliphatic heterocycles. The first-order chi connectivity index (χ1) is 9.11. The summed E-state index contributed by atoms with van der Waals surface area (Å²) < 4.78 is 5.90. The smallest absolute Gasteiger partial charge is 0.124 e. The predicted molar refractivity (Wildman–Crippen MR) is 80.0 cm³/mol. The van der Waals surface area contributed by atoms with Crippen LogP contribution in [0.25, 0.3) is 0 Å². The zero-order valence-corrected chi connectivity index (χ0v) is 12.6. The fraction of sp³-hybridized carbons (Fsp3) is 0.400. The third-order valence-corrected chi connectivity index (χ3v) is 3.78. The molecule has 0 spiro atoms. The number of para-hydroxylation sites is 1. The van der Waals surface area contributed by atoms with Crippen LogP contribution < -0.4 is 10.1 Å². The van der Waals surface area contributed by atoms with Gasteiger partial charge in [-0.3, -0.25) is 0 Å². The van der Waals surface area contributed by atoms with Crippen LogP contribution in [0.5, 0.6) is 5.75 Å². The molecule has 1 heterocycles. The highest BCUT2D eigenvalue weighted by Crippen LogP contribution is 2.32. The maximum Gasteiger partial charge on any atom is 0.124 e. The first-order valence-electron chi connectivity index (χ1n) is 6.47. The topological polar surface area (TPSA) is 34.2 Å². The van der Waals surface area contributed by atoms with E-state index in [0.717, 1.165) is 16.3 Å². The summed E-state index contributed by atoms with van der Waals surface area (Å²) in [5.74, 6) is 0.933. The maximum absolute atomic E-state index is 5.90. The van der Waals surface area contributed by atoms with E-state index in [1.54, 1.807) is 11.3 Å². The molecule has 19 heavy (non-hydrogen) atoms. The van der Waals surface area contributed by atoms with Gasteiger partial charge in [-0.15, -0.1) is 11.3 Å². The molecule has 1 N–H and O–H groups in total. The van der Waals surface area contributed by atoms with Gasteiger partial charge in [-0.2, -0.15) is 0 Å². The lowest BCUT2D eigenvalue weighted by molar-refractivity contribution is 0.239. The second-order valence-corrected chi connectivity index (χ2v) is 5.97. The molecule has 102 valence electrons. The SMILES string of the molecule is CNC(c1cnc(C)s1)c1ccccc1OC(C)C. The monoisotopic (exact) mass is 276 g/mol. The van der Waals surface area contributed by atoms with Crippen molar-refractivity contribution in [1.29, 1.82) is 0 Å². The van der Waals surface area contributed by atoms with Gasteiger partial charge in [0.15, 0.2) is 0 Å². The molecule has 0 aliphatic rings. The molecule has 0 radical (unpaired) electrons. The molecule has 0 saturated carbocycles. The van der Waals surface area contributed by atoms with E-state index in [2.05, 4.69) is 16.4 Å². The molecule has 0 fully saturated rings. The van der Waals surface area contributed by atoms with Crippen molar-refractivity contribution in [2.75, 3.05) is 7.05 Å². The zero-order valence-electron chi connectivity index (χ0n) is 11.8. The van der Waals surface area contributed by atoms with Crippen molar-refractivity contribution in [3.05, 3.63) is 45.9 Å². The van der Waals surface area contributed by atoms with Crippen molar-refractivity contribution in [3.63, 3.8) is 0 Å². The molecule has 3 nitrogen and oxygen atoms in total. The van der Waals surface area contributed by atoms with Gasteiger partial charge in [0.1, 0.15) is 5.75 Å². The fourth-order valence-corrected chi connectivity index (χ4v) is 2.96. The number of aromatic nitrogens is 1. The van der Waals surface area contributed by atoms with Gasteiger partial charge in [-0.25, -0.2) is 4.98 Å². The van der Waals surface area contributed by atoms with Gasteiger partial charge in [-0.1, -0.05) is 18.2 Å². The van der Waals surface area contributed by atoms with E-state index in [-0.39, 0.29) is 12.1 Å². The van der Waals surface area contributed by atoms with Crippen molar-refractivity contribution in [1.82, 2.24) is 10.3 Å². The number of hydrogen-bond acceptors (Lipinski definition) is 4. The number of hydrogen-bond donors (Lipinski definition) is 1. The second kappa shape index (κ2) is 6.17. The van der Waals surface area contributed by atoms with Crippen LogP contribution in [0.4, 0.5) is 0 Å². The van der Waals surface area contributed by atoms with Gasteiger partial charge in [0.05, 0.1) is 17.2 Å². The Balaban J connectivity index is 2.38. The van der Waals surface area contributed by atoms with Crippen LogP contribution in [0.2, 0.25) is 0 Å². The molecule has 4 heteroatoms. The molecule has 0 aliphatic carbocycles. The Morgan fingerprint density at radius 1 is 1.26 bits per heavy atom. The van der Waals surface area contributed by atoms with Crippen molar-refractivity contribution in [3.8, 4) is 5.75 Å². The molecule has 0 amide bonds. The van der Waals surface area contributed by atoms with Crippen LogP contribution in [0.1, 0.15) is 35.3 Å². The standard InChI is InChI=1S/C15H20N2OS/c1-10(2)18-13-8-6-5-7-12(13)15(16-4)14-9-17-11(3)19-14/h5-10,15-16H,1-4H3. The van der Waals surface area contributed by atoms with E-state index in [4.69, 9.17) is 4.74 Å². The third kappa shape index (κ3) is 3.33. The van der Waals surface area contributed by atoms with Gasteiger partial charge in [0.25, 0.3) is 0 Å². The lowest BCUT2D eigenvalue weighted by atomic mass is 10.0. The Kier molecular flexibility index (Phi) is 4.56. The van der Waals surface area contributed by atoms with Crippen molar-refractivity contribution >= 4 is 11.3 Å². The van der Waals surface area contributed by atoms with E-state index in [1.807, 2.05) is 52.2 Å². The minimum atomic E-state index is 0.126. The quantitative estimate of drug-likeness (QED) is 0.907. The average Bonchev–Trinajstić information content (AvgIpc) is 2.78. The number of ether oxygens (including phenoxy) is 1. The number of rotatable bonds is 5. The van der Waals surface area contributed by atoms with E-state index in [1.165, 1.54) is 4.88 Å². The highest BCUT2D eigenvalue weighted by atomic mass is 32.1. The van der Waals surface area contributed by atoms with E-state index in [9.17, 15) is 0 Å². The average molecular weight is 276 g/mol. The van der Waals surface area contributed by atoms with Crippen molar-refractivity contribution < 1.29 is 4.74 Å². The summed E-state index contributed by atoms with van der Waals surface area (Å²) in [5.41, 5.74) is 1.15. The van der Waals surface area contributed by atoms with Crippen LogP contribution in [-0.4, -0.2) is 18.1 Å². The van der Waals surface area contributed by atoms with Crippen LogP contribution >= 0.6 is 11.3 Å². The first-order valence-corrected chi connectivity index (χ1v) is 7.28. The summed E-state index contributed by atoms with van der Waals surface area (Å²) in [4.78, 5) is 5.55. The van der Waals surface area contributed by atoms with E-state index >= 15 is 0 Å². The van der Waals surface area contributed by atoms with Gasteiger partial charge in [0.2, 0.25) is 0 Å². The lowest BCUT2D eigenvalue weighted by Crippen LogP contribution is -2.18. The number of benzene rings is 1. The minimum Gasteiger partial charge on any atom is -0.491 e. The molecular weight excluding hydrogens is 256 g/mol. The van der Waals surface area contributed by atoms with Gasteiger partial charge >= 0.3 is 0 Å². The van der Waals surface area contributed by atoms with Crippen molar-refractivity contribution in [2.45, 2.75) is 32.9 Å². The van der Waals surface area contributed by atoms with E-state index < -0.39 is 0 Å². The number of nitrogens with one attached hydrogen (secondary N) is 1. The summed E-state index contributed by atoms with van der Waals surface area (Å²) in [5, 5.41) is 4.43. The fourth-order valence-electron chi connectivity index (χ4n) is 2.04. The van der Waals surface area contributed by atoms with Gasteiger partial charge < -0.3 is 10.1 Å². The Hall–Kier alpha value is -1.39. The molecule has 0 saturated heterocycles. The molecule has 1 unspecified atom stereocenters. The molecule has 1 aromatic heterocycles. The Morgan fingerprint density at radius 3 is 2.58 bits per heavy atom. The zero-order chi connectivity index (χ0) is 13.8. The summed E-state index contributed by atoms with van der Waals surface area (Å²) in [6, 6.07) is 8.30. The Bertz CT molecular complexity index is 536. The molecule has 1 aromatic carbocycles. The third-order valence-electron chi connectivity index (χ3n) is 2.81.